The number of nitrogens with zero attached hydrogens (tertiary/aromatic N) is 1. The van der Waals surface area contributed by atoms with Crippen molar-refractivity contribution in [1.29, 1.82) is 0 Å². The first-order valence-electron chi connectivity index (χ1n) is 7.23. The Labute approximate surface area is 109 Å². The lowest BCUT2D eigenvalue weighted by Gasteiger charge is -2.30. The molecule has 2 unspecified atom stereocenters. The minimum Gasteiger partial charge on any atom is -0.468 e. The predicted molar refractivity (Wildman–Crippen MR) is 69.3 cm³/mol. The molecule has 4 heteroatoms. The Morgan fingerprint density at radius 1 is 1.22 bits per heavy atom. The predicted octanol–water partition coefficient (Wildman–Crippen LogP) is 1.30. The molecule has 3 aliphatic carbocycles. The maximum atomic E-state index is 12.1. The van der Waals surface area contributed by atoms with E-state index < -0.39 is 5.54 Å². The maximum Gasteiger partial charge on any atom is 0.326 e. The Balaban J connectivity index is 1.68. The van der Waals surface area contributed by atoms with Crippen LogP contribution in [0.2, 0.25) is 0 Å². The van der Waals surface area contributed by atoms with Crippen LogP contribution in [0.1, 0.15) is 44.9 Å². The van der Waals surface area contributed by atoms with E-state index in [1.165, 1.54) is 32.8 Å². The van der Waals surface area contributed by atoms with Crippen LogP contribution in [0.4, 0.5) is 0 Å². The van der Waals surface area contributed by atoms with Crippen molar-refractivity contribution >= 4 is 5.97 Å². The van der Waals surface area contributed by atoms with Crippen LogP contribution in [0.25, 0.3) is 0 Å². The third-order valence-corrected chi connectivity index (χ3v) is 4.82. The molecule has 1 N–H and O–H groups in total. The van der Waals surface area contributed by atoms with Crippen molar-refractivity contribution in [2.75, 3.05) is 14.2 Å². The van der Waals surface area contributed by atoms with E-state index in [1.54, 1.807) is 0 Å². The lowest BCUT2D eigenvalue weighted by Crippen LogP contribution is -2.52. The highest BCUT2D eigenvalue weighted by Gasteiger charge is 2.50. The van der Waals surface area contributed by atoms with Crippen LogP contribution in [0.5, 0.6) is 0 Å². The van der Waals surface area contributed by atoms with Gasteiger partial charge in [0.05, 0.1) is 7.11 Å². The van der Waals surface area contributed by atoms with E-state index in [0.717, 1.165) is 25.3 Å². The average molecular weight is 252 g/mol. The molecule has 18 heavy (non-hydrogen) atoms. The topological polar surface area (TPSA) is 41.6 Å². The molecule has 0 saturated heterocycles. The summed E-state index contributed by atoms with van der Waals surface area (Å²) in [4.78, 5) is 14.6. The normalized spacial score (nSPS) is 36.1. The van der Waals surface area contributed by atoms with E-state index in [9.17, 15) is 4.79 Å². The summed E-state index contributed by atoms with van der Waals surface area (Å²) in [5.41, 5.74) is -0.399. The summed E-state index contributed by atoms with van der Waals surface area (Å²) in [5, 5.41) is 3.56. The summed E-state index contributed by atoms with van der Waals surface area (Å²) in [7, 11) is 3.73. The number of hydrogen-bond donors (Lipinski definition) is 1. The van der Waals surface area contributed by atoms with Gasteiger partial charge in [-0.15, -0.1) is 0 Å². The first-order valence-corrected chi connectivity index (χ1v) is 7.23. The molecule has 0 heterocycles. The largest absolute Gasteiger partial charge is 0.468 e. The van der Waals surface area contributed by atoms with Gasteiger partial charge in [0.2, 0.25) is 0 Å². The number of nitrogens with one attached hydrogen (secondary N) is 1. The number of ether oxygens (including phenoxy) is 1. The van der Waals surface area contributed by atoms with Crippen molar-refractivity contribution in [2.45, 2.75) is 68.6 Å². The van der Waals surface area contributed by atoms with Gasteiger partial charge in [0, 0.05) is 18.1 Å². The molecule has 0 aromatic heterocycles. The fourth-order valence-corrected chi connectivity index (χ4v) is 3.34. The third-order valence-electron chi connectivity index (χ3n) is 4.82. The number of rotatable bonds is 5. The van der Waals surface area contributed by atoms with Crippen molar-refractivity contribution in [2.24, 2.45) is 0 Å². The molecule has 3 saturated carbocycles. The molecule has 3 rings (SSSR count). The molecule has 3 aliphatic rings. The molecule has 0 aromatic rings. The summed E-state index contributed by atoms with van der Waals surface area (Å²) in [6.07, 6.45) is 8.04. The van der Waals surface area contributed by atoms with E-state index in [0.29, 0.717) is 12.1 Å². The quantitative estimate of drug-likeness (QED) is 0.749. The summed E-state index contributed by atoms with van der Waals surface area (Å²) >= 11 is 0. The number of carbonyl (C=O) groups is 1. The van der Waals surface area contributed by atoms with Gasteiger partial charge in [0.1, 0.15) is 5.54 Å². The molecule has 0 aromatic carbocycles. The molecule has 3 fully saturated rings. The lowest BCUT2D eigenvalue weighted by atomic mass is 9.97. The third kappa shape index (κ3) is 2.28. The highest BCUT2D eigenvalue weighted by Crippen LogP contribution is 2.40. The van der Waals surface area contributed by atoms with Crippen LogP contribution < -0.4 is 5.32 Å². The Hall–Kier alpha value is -0.610. The van der Waals surface area contributed by atoms with E-state index >= 15 is 0 Å². The fraction of sp³-hybridized carbons (Fsp3) is 0.929. The molecular weight excluding hydrogens is 228 g/mol. The summed E-state index contributed by atoms with van der Waals surface area (Å²) in [6.45, 7) is 0. The zero-order valence-electron chi connectivity index (χ0n) is 11.4. The molecule has 0 spiro atoms. The van der Waals surface area contributed by atoms with Crippen LogP contribution in [-0.4, -0.2) is 48.7 Å². The Morgan fingerprint density at radius 3 is 2.50 bits per heavy atom. The highest BCUT2D eigenvalue weighted by molar-refractivity contribution is 5.81. The lowest BCUT2D eigenvalue weighted by molar-refractivity contribution is -0.148. The maximum absolute atomic E-state index is 12.1. The molecule has 0 amide bonds. The van der Waals surface area contributed by atoms with Gasteiger partial charge in [0.15, 0.2) is 0 Å². The molecular formula is C14H24N2O2. The van der Waals surface area contributed by atoms with E-state index in [-0.39, 0.29) is 5.97 Å². The SMILES string of the molecule is COC(=O)C1(NC2CC2)CCC(N(C)C2CC2)C1. The standard InChI is InChI=1S/C14H24N2O2/c1-16(11-5-6-11)12-7-8-14(9-12,13(17)18-2)15-10-3-4-10/h10-12,15H,3-9H2,1-2H3. The number of carbonyl (C=O) groups excluding carboxylic acids is 1. The molecule has 0 radical (unpaired) electrons. The second-order valence-electron chi connectivity index (χ2n) is 6.29. The van der Waals surface area contributed by atoms with Crippen molar-refractivity contribution in [3.8, 4) is 0 Å². The molecule has 2 atom stereocenters. The van der Waals surface area contributed by atoms with Crippen LogP contribution in [0, 0.1) is 0 Å². The van der Waals surface area contributed by atoms with Gasteiger partial charge in [-0.1, -0.05) is 0 Å². The zero-order chi connectivity index (χ0) is 12.8. The first kappa shape index (κ1) is 12.4. The van der Waals surface area contributed by atoms with Crippen LogP contribution in [-0.2, 0) is 9.53 Å². The number of esters is 1. The second-order valence-corrected chi connectivity index (χ2v) is 6.29. The number of methoxy groups -OCH3 is 1. The minimum atomic E-state index is -0.399. The van der Waals surface area contributed by atoms with Gasteiger partial charge < -0.3 is 9.64 Å². The van der Waals surface area contributed by atoms with E-state index in [2.05, 4.69) is 17.3 Å². The Morgan fingerprint density at radius 2 is 1.94 bits per heavy atom. The van der Waals surface area contributed by atoms with Crippen molar-refractivity contribution < 1.29 is 9.53 Å². The smallest absolute Gasteiger partial charge is 0.326 e. The monoisotopic (exact) mass is 252 g/mol. The van der Waals surface area contributed by atoms with E-state index in [1.807, 2.05) is 0 Å². The minimum absolute atomic E-state index is 0.0545. The van der Waals surface area contributed by atoms with Gasteiger partial charge in [0.25, 0.3) is 0 Å². The summed E-state index contributed by atoms with van der Waals surface area (Å²) in [6, 6.07) is 1.86. The van der Waals surface area contributed by atoms with Crippen molar-refractivity contribution in [1.82, 2.24) is 10.2 Å². The Kier molecular flexibility index (Phi) is 3.10. The highest BCUT2D eigenvalue weighted by atomic mass is 16.5. The molecule has 4 nitrogen and oxygen atoms in total. The fourth-order valence-electron chi connectivity index (χ4n) is 3.34. The van der Waals surface area contributed by atoms with E-state index in [4.69, 9.17) is 4.74 Å². The molecule has 0 bridgehead atoms. The van der Waals surface area contributed by atoms with Gasteiger partial charge in [-0.2, -0.15) is 0 Å². The van der Waals surface area contributed by atoms with Crippen molar-refractivity contribution in [3.63, 3.8) is 0 Å². The summed E-state index contributed by atoms with van der Waals surface area (Å²) in [5.74, 6) is -0.0545. The van der Waals surface area contributed by atoms with Gasteiger partial charge in [-0.05, 0) is 52.0 Å². The van der Waals surface area contributed by atoms with Gasteiger partial charge in [-0.3, -0.25) is 10.1 Å². The van der Waals surface area contributed by atoms with Crippen molar-refractivity contribution in [3.05, 3.63) is 0 Å². The average Bonchev–Trinajstić information content (AvgIpc) is 3.27. The second kappa shape index (κ2) is 4.49. The van der Waals surface area contributed by atoms with Crippen LogP contribution in [0.3, 0.4) is 0 Å². The van der Waals surface area contributed by atoms with Crippen LogP contribution >= 0.6 is 0 Å². The molecule has 0 aliphatic heterocycles. The van der Waals surface area contributed by atoms with Crippen LogP contribution in [0.15, 0.2) is 0 Å². The zero-order valence-corrected chi connectivity index (χ0v) is 11.4. The summed E-state index contributed by atoms with van der Waals surface area (Å²) < 4.78 is 5.05. The van der Waals surface area contributed by atoms with Gasteiger partial charge in [-0.25, -0.2) is 0 Å². The first-order chi connectivity index (χ1) is 8.64. The Bertz CT molecular complexity index is 339. The number of hydrogen-bond acceptors (Lipinski definition) is 4. The van der Waals surface area contributed by atoms with Gasteiger partial charge >= 0.3 is 5.97 Å². The molecule has 102 valence electrons.